The molecule has 17 heavy (non-hydrogen) atoms. The van der Waals surface area contributed by atoms with Crippen LogP contribution in [0.5, 0.6) is 5.75 Å². The summed E-state index contributed by atoms with van der Waals surface area (Å²) in [5.74, 6) is -0.920. The fraction of sp³-hybridized carbons (Fsp3) is 0.417. The van der Waals surface area contributed by atoms with Crippen molar-refractivity contribution in [2.24, 2.45) is 0 Å². The first-order valence-corrected chi connectivity index (χ1v) is 6.16. The van der Waals surface area contributed by atoms with Gasteiger partial charge >= 0.3 is 5.97 Å². The largest absolute Gasteiger partial charge is 0.485 e. The number of benzene rings is 1. The zero-order valence-corrected chi connectivity index (χ0v) is 10.7. The van der Waals surface area contributed by atoms with Crippen molar-refractivity contribution in [2.75, 3.05) is 0 Å². The number of rotatable bonds is 4. The summed E-state index contributed by atoms with van der Waals surface area (Å²) >= 11 is 3.26. The molecule has 0 aromatic heterocycles. The van der Waals surface area contributed by atoms with Crippen molar-refractivity contribution in [1.29, 1.82) is 0 Å². The van der Waals surface area contributed by atoms with Gasteiger partial charge in [-0.25, -0.2) is 4.39 Å². The molecule has 1 saturated carbocycles. The molecule has 92 valence electrons. The Morgan fingerprint density at radius 1 is 1.53 bits per heavy atom. The zero-order valence-electron chi connectivity index (χ0n) is 9.08. The second kappa shape index (κ2) is 4.64. The summed E-state index contributed by atoms with van der Waals surface area (Å²) in [7, 11) is 0. The fourth-order valence-electron chi connectivity index (χ4n) is 1.95. The van der Waals surface area contributed by atoms with E-state index in [1.807, 2.05) is 0 Å². The molecular formula is C12H12BrFO3. The van der Waals surface area contributed by atoms with E-state index >= 15 is 0 Å². The summed E-state index contributed by atoms with van der Waals surface area (Å²) in [6, 6.07) is 4.14. The molecule has 0 bridgehead atoms. The van der Waals surface area contributed by atoms with E-state index in [1.54, 1.807) is 6.07 Å². The first-order chi connectivity index (χ1) is 8.01. The number of ether oxygens (including phenoxy) is 1. The van der Waals surface area contributed by atoms with Crippen molar-refractivity contribution < 1.29 is 19.0 Å². The van der Waals surface area contributed by atoms with Crippen molar-refractivity contribution in [3.8, 4) is 5.75 Å². The van der Waals surface area contributed by atoms with E-state index in [1.165, 1.54) is 12.1 Å². The molecule has 0 saturated heterocycles. The van der Waals surface area contributed by atoms with Crippen LogP contribution >= 0.6 is 15.9 Å². The molecule has 1 aliphatic carbocycles. The average molecular weight is 303 g/mol. The van der Waals surface area contributed by atoms with Gasteiger partial charge in [0.25, 0.3) is 0 Å². The first kappa shape index (κ1) is 12.4. The Balaban J connectivity index is 2.18. The summed E-state index contributed by atoms with van der Waals surface area (Å²) < 4.78 is 19.4. The molecule has 0 heterocycles. The third-order valence-electron chi connectivity index (χ3n) is 2.96. The van der Waals surface area contributed by atoms with Gasteiger partial charge in [-0.1, -0.05) is 0 Å². The van der Waals surface area contributed by atoms with E-state index < -0.39 is 17.4 Å². The minimum absolute atomic E-state index is 0.0457. The maximum atomic E-state index is 13.1. The van der Waals surface area contributed by atoms with Crippen molar-refractivity contribution in [3.63, 3.8) is 0 Å². The Labute approximate surface area is 107 Å². The SMILES string of the molecule is O=C(O)CC1(Oc2cc(F)ccc2Br)CCC1. The number of hydrogen-bond donors (Lipinski definition) is 1. The Hall–Kier alpha value is -1.10. The van der Waals surface area contributed by atoms with Crippen LogP contribution in [0.3, 0.4) is 0 Å². The van der Waals surface area contributed by atoms with Crippen molar-refractivity contribution in [1.82, 2.24) is 0 Å². The Morgan fingerprint density at radius 2 is 2.24 bits per heavy atom. The average Bonchev–Trinajstić information content (AvgIpc) is 2.19. The zero-order chi connectivity index (χ0) is 12.5. The standard InChI is InChI=1S/C12H12BrFO3/c13-9-3-2-8(14)6-10(9)17-12(4-1-5-12)7-11(15)16/h2-3,6H,1,4-5,7H2,(H,15,16). The quantitative estimate of drug-likeness (QED) is 0.927. The van der Waals surface area contributed by atoms with Crippen LogP contribution in [0.1, 0.15) is 25.7 Å². The molecule has 0 spiro atoms. The Bertz CT molecular complexity index is 443. The van der Waals surface area contributed by atoms with E-state index in [-0.39, 0.29) is 6.42 Å². The maximum absolute atomic E-state index is 13.1. The molecule has 0 radical (unpaired) electrons. The molecule has 5 heteroatoms. The Kier molecular flexibility index (Phi) is 3.38. The highest BCUT2D eigenvalue weighted by Gasteiger charge is 2.41. The third kappa shape index (κ3) is 2.77. The summed E-state index contributed by atoms with van der Waals surface area (Å²) in [6.45, 7) is 0. The minimum atomic E-state index is -0.891. The monoisotopic (exact) mass is 302 g/mol. The number of carbonyl (C=O) groups is 1. The number of halogens is 2. The van der Waals surface area contributed by atoms with Crippen LogP contribution in [0.4, 0.5) is 4.39 Å². The molecule has 0 unspecified atom stereocenters. The van der Waals surface area contributed by atoms with E-state index in [9.17, 15) is 9.18 Å². The number of aliphatic carboxylic acids is 1. The maximum Gasteiger partial charge on any atom is 0.307 e. The van der Waals surface area contributed by atoms with Crippen LogP contribution in [0.2, 0.25) is 0 Å². The molecule has 1 aromatic rings. The molecule has 1 fully saturated rings. The molecule has 2 rings (SSSR count). The fourth-order valence-corrected chi connectivity index (χ4v) is 2.28. The molecule has 1 aromatic carbocycles. The van der Waals surface area contributed by atoms with Crippen LogP contribution in [0.25, 0.3) is 0 Å². The predicted molar refractivity (Wildman–Crippen MR) is 63.6 cm³/mol. The number of hydrogen-bond acceptors (Lipinski definition) is 2. The highest BCUT2D eigenvalue weighted by atomic mass is 79.9. The van der Waals surface area contributed by atoms with Gasteiger partial charge in [0.15, 0.2) is 0 Å². The lowest BCUT2D eigenvalue weighted by molar-refractivity contribution is -0.144. The van der Waals surface area contributed by atoms with Gasteiger partial charge in [0.2, 0.25) is 0 Å². The van der Waals surface area contributed by atoms with Gasteiger partial charge in [-0.15, -0.1) is 0 Å². The normalized spacial score (nSPS) is 17.3. The molecule has 1 N–H and O–H groups in total. The first-order valence-electron chi connectivity index (χ1n) is 5.37. The second-order valence-corrected chi connectivity index (χ2v) is 5.14. The molecule has 3 nitrogen and oxygen atoms in total. The van der Waals surface area contributed by atoms with Crippen LogP contribution in [0, 0.1) is 5.82 Å². The van der Waals surface area contributed by atoms with Crippen LogP contribution < -0.4 is 4.74 Å². The van der Waals surface area contributed by atoms with E-state index in [4.69, 9.17) is 9.84 Å². The molecule has 0 aliphatic heterocycles. The third-order valence-corrected chi connectivity index (χ3v) is 3.61. The van der Waals surface area contributed by atoms with Gasteiger partial charge < -0.3 is 9.84 Å². The number of carboxylic acid groups (broad SMARTS) is 1. The lowest BCUT2D eigenvalue weighted by Crippen LogP contribution is -2.45. The van der Waals surface area contributed by atoms with Gasteiger partial charge in [0, 0.05) is 6.07 Å². The van der Waals surface area contributed by atoms with Crippen molar-refractivity contribution in [3.05, 3.63) is 28.5 Å². The van der Waals surface area contributed by atoms with E-state index in [0.29, 0.717) is 23.1 Å². The molecule has 1 aliphatic rings. The van der Waals surface area contributed by atoms with Gasteiger partial charge in [-0.3, -0.25) is 4.79 Å². The van der Waals surface area contributed by atoms with Gasteiger partial charge in [-0.2, -0.15) is 0 Å². The van der Waals surface area contributed by atoms with Crippen LogP contribution in [-0.2, 0) is 4.79 Å². The Morgan fingerprint density at radius 3 is 2.76 bits per heavy atom. The summed E-state index contributed by atoms with van der Waals surface area (Å²) in [4.78, 5) is 10.8. The van der Waals surface area contributed by atoms with Gasteiger partial charge in [-0.05, 0) is 47.3 Å². The lowest BCUT2D eigenvalue weighted by Gasteiger charge is -2.41. The van der Waals surface area contributed by atoms with Gasteiger partial charge in [0.05, 0.1) is 10.9 Å². The summed E-state index contributed by atoms with van der Waals surface area (Å²) in [6.07, 6.45) is 2.29. The molecular weight excluding hydrogens is 291 g/mol. The highest BCUT2D eigenvalue weighted by molar-refractivity contribution is 9.10. The topological polar surface area (TPSA) is 46.5 Å². The van der Waals surface area contributed by atoms with Crippen LogP contribution in [-0.4, -0.2) is 16.7 Å². The molecule has 0 atom stereocenters. The van der Waals surface area contributed by atoms with E-state index in [2.05, 4.69) is 15.9 Å². The van der Waals surface area contributed by atoms with E-state index in [0.717, 1.165) is 6.42 Å². The minimum Gasteiger partial charge on any atom is -0.485 e. The van der Waals surface area contributed by atoms with Crippen LogP contribution in [0.15, 0.2) is 22.7 Å². The predicted octanol–water partition coefficient (Wildman–Crippen LogP) is 3.36. The molecule has 0 amide bonds. The summed E-state index contributed by atoms with van der Waals surface area (Å²) in [5.41, 5.74) is -0.665. The van der Waals surface area contributed by atoms with Crippen molar-refractivity contribution >= 4 is 21.9 Å². The second-order valence-electron chi connectivity index (χ2n) is 4.28. The number of carboxylic acids is 1. The lowest BCUT2D eigenvalue weighted by atomic mass is 9.77. The van der Waals surface area contributed by atoms with Gasteiger partial charge in [0.1, 0.15) is 17.2 Å². The smallest absolute Gasteiger partial charge is 0.307 e. The highest BCUT2D eigenvalue weighted by Crippen LogP contribution is 2.41. The summed E-state index contributed by atoms with van der Waals surface area (Å²) in [5, 5.41) is 8.85. The van der Waals surface area contributed by atoms with Crippen molar-refractivity contribution in [2.45, 2.75) is 31.3 Å².